The molecule has 0 unspecified atom stereocenters. The Morgan fingerprint density at radius 3 is 2.72 bits per heavy atom. The van der Waals surface area contributed by atoms with Gasteiger partial charge in [-0.3, -0.25) is 4.79 Å². The standard InChI is InChI=1S/C15H21NO2/c1-12(2)11-16-8-9-18-14(15(16)17)10-13-6-4-3-5-7-13/h3-7,12,14H,8-11H2,1-2H3/t14-/m0/s1. The molecule has 0 N–H and O–H groups in total. The fraction of sp³-hybridized carbons (Fsp3) is 0.533. The number of morpholine rings is 1. The third kappa shape index (κ3) is 3.33. The molecule has 0 saturated carbocycles. The molecule has 1 atom stereocenters. The van der Waals surface area contributed by atoms with Crippen molar-refractivity contribution in [1.82, 2.24) is 4.90 Å². The van der Waals surface area contributed by atoms with Crippen molar-refractivity contribution in [3.63, 3.8) is 0 Å². The quantitative estimate of drug-likeness (QED) is 0.815. The van der Waals surface area contributed by atoms with Gasteiger partial charge in [0.1, 0.15) is 6.10 Å². The fourth-order valence-corrected chi connectivity index (χ4v) is 2.29. The highest BCUT2D eigenvalue weighted by Gasteiger charge is 2.29. The Morgan fingerprint density at radius 2 is 2.06 bits per heavy atom. The van der Waals surface area contributed by atoms with Crippen LogP contribution in [0.25, 0.3) is 0 Å². The lowest BCUT2D eigenvalue weighted by Gasteiger charge is -2.33. The van der Waals surface area contributed by atoms with Gasteiger partial charge in [-0.25, -0.2) is 0 Å². The Bertz CT molecular complexity index is 389. The maximum atomic E-state index is 12.3. The predicted molar refractivity (Wildman–Crippen MR) is 71.3 cm³/mol. The summed E-state index contributed by atoms with van der Waals surface area (Å²) in [6.07, 6.45) is 0.369. The van der Waals surface area contributed by atoms with Crippen molar-refractivity contribution >= 4 is 5.91 Å². The Kier molecular flexibility index (Phi) is 4.37. The lowest BCUT2D eigenvalue weighted by molar-refractivity contribution is -0.153. The minimum absolute atomic E-state index is 0.138. The third-order valence-corrected chi connectivity index (χ3v) is 3.12. The lowest BCUT2D eigenvalue weighted by Crippen LogP contribution is -2.49. The normalized spacial score (nSPS) is 20.5. The van der Waals surface area contributed by atoms with Gasteiger partial charge in [-0.2, -0.15) is 0 Å². The first kappa shape index (κ1) is 13.1. The van der Waals surface area contributed by atoms with Gasteiger partial charge < -0.3 is 9.64 Å². The highest BCUT2D eigenvalue weighted by Crippen LogP contribution is 2.14. The van der Waals surface area contributed by atoms with E-state index in [4.69, 9.17) is 4.74 Å². The van der Waals surface area contributed by atoms with Gasteiger partial charge in [-0.05, 0) is 11.5 Å². The van der Waals surface area contributed by atoms with Crippen molar-refractivity contribution in [3.8, 4) is 0 Å². The van der Waals surface area contributed by atoms with Crippen molar-refractivity contribution in [2.45, 2.75) is 26.4 Å². The second-order valence-electron chi connectivity index (χ2n) is 5.23. The maximum absolute atomic E-state index is 12.3. The van der Waals surface area contributed by atoms with Crippen LogP contribution in [0.15, 0.2) is 30.3 Å². The second-order valence-corrected chi connectivity index (χ2v) is 5.23. The smallest absolute Gasteiger partial charge is 0.252 e. The van der Waals surface area contributed by atoms with Gasteiger partial charge in [-0.15, -0.1) is 0 Å². The molecule has 0 spiro atoms. The van der Waals surface area contributed by atoms with Crippen molar-refractivity contribution in [2.75, 3.05) is 19.7 Å². The van der Waals surface area contributed by atoms with Crippen LogP contribution in [0.3, 0.4) is 0 Å². The predicted octanol–water partition coefficient (Wildman–Crippen LogP) is 2.11. The first-order chi connectivity index (χ1) is 8.66. The van der Waals surface area contributed by atoms with Gasteiger partial charge in [0, 0.05) is 19.5 Å². The highest BCUT2D eigenvalue weighted by atomic mass is 16.5. The molecule has 1 amide bonds. The highest BCUT2D eigenvalue weighted by molar-refractivity contribution is 5.81. The number of hydrogen-bond acceptors (Lipinski definition) is 2. The van der Waals surface area contributed by atoms with E-state index in [-0.39, 0.29) is 12.0 Å². The molecule has 1 aromatic rings. The number of hydrogen-bond donors (Lipinski definition) is 0. The van der Waals surface area contributed by atoms with Crippen LogP contribution in [0.4, 0.5) is 0 Å². The summed E-state index contributed by atoms with van der Waals surface area (Å²) in [5.74, 6) is 0.642. The van der Waals surface area contributed by atoms with E-state index < -0.39 is 0 Å². The average Bonchev–Trinajstić information content (AvgIpc) is 2.35. The minimum Gasteiger partial charge on any atom is -0.366 e. The number of carbonyl (C=O) groups excluding carboxylic acids is 1. The van der Waals surface area contributed by atoms with E-state index in [2.05, 4.69) is 13.8 Å². The number of ether oxygens (including phenoxy) is 1. The van der Waals surface area contributed by atoms with Gasteiger partial charge in [0.2, 0.25) is 0 Å². The van der Waals surface area contributed by atoms with Crippen LogP contribution in [0.2, 0.25) is 0 Å². The number of rotatable bonds is 4. The average molecular weight is 247 g/mol. The summed E-state index contributed by atoms with van der Waals surface area (Å²) < 4.78 is 5.61. The zero-order chi connectivity index (χ0) is 13.0. The van der Waals surface area contributed by atoms with Crippen LogP contribution < -0.4 is 0 Å². The Hall–Kier alpha value is -1.35. The van der Waals surface area contributed by atoms with E-state index in [0.717, 1.165) is 18.7 Å². The van der Waals surface area contributed by atoms with Crippen molar-refractivity contribution in [3.05, 3.63) is 35.9 Å². The second kappa shape index (κ2) is 6.01. The Balaban J connectivity index is 1.98. The number of amides is 1. The van der Waals surface area contributed by atoms with E-state index >= 15 is 0 Å². The van der Waals surface area contributed by atoms with Crippen LogP contribution in [0.5, 0.6) is 0 Å². The van der Waals surface area contributed by atoms with Gasteiger partial charge in [0.25, 0.3) is 5.91 Å². The molecule has 3 nitrogen and oxygen atoms in total. The summed E-state index contributed by atoms with van der Waals surface area (Å²) in [5, 5.41) is 0. The van der Waals surface area contributed by atoms with E-state index in [1.165, 1.54) is 0 Å². The van der Waals surface area contributed by atoms with Crippen LogP contribution >= 0.6 is 0 Å². The molecule has 1 saturated heterocycles. The zero-order valence-electron chi connectivity index (χ0n) is 11.1. The largest absolute Gasteiger partial charge is 0.366 e. The molecule has 0 bridgehead atoms. The monoisotopic (exact) mass is 247 g/mol. The summed E-state index contributed by atoms with van der Waals surface area (Å²) in [6, 6.07) is 10.1. The molecule has 1 heterocycles. The topological polar surface area (TPSA) is 29.5 Å². The van der Waals surface area contributed by atoms with Gasteiger partial charge >= 0.3 is 0 Å². The van der Waals surface area contributed by atoms with Gasteiger partial charge in [-0.1, -0.05) is 44.2 Å². The first-order valence-electron chi connectivity index (χ1n) is 6.61. The maximum Gasteiger partial charge on any atom is 0.252 e. The lowest BCUT2D eigenvalue weighted by atomic mass is 10.1. The van der Waals surface area contributed by atoms with Crippen LogP contribution in [-0.2, 0) is 16.0 Å². The van der Waals surface area contributed by atoms with E-state index in [1.807, 2.05) is 35.2 Å². The fourth-order valence-electron chi connectivity index (χ4n) is 2.29. The van der Waals surface area contributed by atoms with Crippen molar-refractivity contribution < 1.29 is 9.53 Å². The molecule has 2 rings (SSSR count). The molecule has 1 aliphatic rings. The molecule has 0 aliphatic carbocycles. The molecule has 1 fully saturated rings. The summed E-state index contributed by atoms with van der Waals surface area (Å²) in [4.78, 5) is 14.2. The van der Waals surface area contributed by atoms with Gasteiger partial charge in [0.15, 0.2) is 0 Å². The van der Waals surface area contributed by atoms with Crippen LogP contribution in [0, 0.1) is 5.92 Å². The molecule has 1 aromatic carbocycles. The van der Waals surface area contributed by atoms with E-state index in [9.17, 15) is 4.79 Å². The van der Waals surface area contributed by atoms with E-state index in [0.29, 0.717) is 18.9 Å². The van der Waals surface area contributed by atoms with Gasteiger partial charge in [0.05, 0.1) is 6.61 Å². The molecule has 0 radical (unpaired) electrons. The molecule has 98 valence electrons. The number of nitrogens with zero attached hydrogens (tertiary/aromatic N) is 1. The number of benzene rings is 1. The molecule has 0 aromatic heterocycles. The van der Waals surface area contributed by atoms with Crippen molar-refractivity contribution in [1.29, 1.82) is 0 Å². The summed E-state index contributed by atoms with van der Waals surface area (Å²) in [5.41, 5.74) is 1.15. The summed E-state index contributed by atoms with van der Waals surface area (Å²) in [7, 11) is 0. The molecule has 3 heteroatoms. The minimum atomic E-state index is -0.306. The summed E-state index contributed by atoms with van der Waals surface area (Å²) in [6.45, 7) is 6.47. The molecular formula is C15H21NO2. The van der Waals surface area contributed by atoms with E-state index in [1.54, 1.807) is 0 Å². The summed E-state index contributed by atoms with van der Waals surface area (Å²) >= 11 is 0. The third-order valence-electron chi connectivity index (χ3n) is 3.12. The van der Waals surface area contributed by atoms with Crippen LogP contribution in [0.1, 0.15) is 19.4 Å². The molecule has 1 aliphatic heterocycles. The first-order valence-corrected chi connectivity index (χ1v) is 6.61. The zero-order valence-corrected chi connectivity index (χ0v) is 11.1. The van der Waals surface area contributed by atoms with Crippen LogP contribution in [-0.4, -0.2) is 36.6 Å². The SMILES string of the molecule is CC(C)CN1CCO[C@@H](Cc2ccccc2)C1=O. The van der Waals surface area contributed by atoms with Crippen molar-refractivity contribution in [2.24, 2.45) is 5.92 Å². The Labute approximate surface area is 109 Å². The number of carbonyl (C=O) groups is 1. The molecule has 18 heavy (non-hydrogen) atoms. The Morgan fingerprint density at radius 1 is 1.33 bits per heavy atom. The molecular weight excluding hydrogens is 226 g/mol.